The van der Waals surface area contributed by atoms with E-state index in [4.69, 9.17) is 0 Å². The fourth-order valence-electron chi connectivity index (χ4n) is 1.62. The van der Waals surface area contributed by atoms with Crippen LogP contribution < -0.4 is 5.32 Å². The fourth-order valence-corrected chi connectivity index (χ4v) is 1.62. The van der Waals surface area contributed by atoms with E-state index in [1.807, 2.05) is 25.1 Å². The van der Waals surface area contributed by atoms with E-state index in [9.17, 15) is 9.59 Å². The Balaban J connectivity index is 2.50. The van der Waals surface area contributed by atoms with Crippen molar-refractivity contribution in [1.82, 2.24) is 5.32 Å². The van der Waals surface area contributed by atoms with E-state index < -0.39 is 11.6 Å². The van der Waals surface area contributed by atoms with Gasteiger partial charge in [0.15, 0.2) is 0 Å². The molecule has 16 heavy (non-hydrogen) atoms. The molecule has 0 atom stereocenters. The van der Waals surface area contributed by atoms with Crippen molar-refractivity contribution in [2.45, 2.75) is 6.92 Å². The normalized spacial score (nSPS) is 14.9. The van der Waals surface area contributed by atoms with Gasteiger partial charge in [-0.25, -0.2) is 0 Å². The highest BCUT2D eigenvalue weighted by Crippen LogP contribution is 2.22. The topological polar surface area (TPSA) is 46.2 Å². The zero-order valence-corrected chi connectivity index (χ0v) is 8.86. The Labute approximate surface area is 93.5 Å². The predicted molar refractivity (Wildman–Crippen MR) is 61.7 cm³/mol. The van der Waals surface area contributed by atoms with Gasteiger partial charge in [-0.1, -0.05) is 30.3 Å². The van der Waals surface area contributed by atoms with E-state index in [1.165, 1.54) is 6.08 Å². The zero-order valence-electron chi connectivity index (χ0n) is 8.86. The molecule has 0 saturated carbocycles. The summed E-state index contributed by atoms with van der Waals surface area (Å²) in [6.45, 7) is 1.87. The number of allylic oxidation sites excluding steroid dienone is 2. The van der Waals surface area contributed by atoms with Crippen LogP contribution in [0.2, 0.25) is 0 Å². The van der Waals surface area contributed by atoms with E-state index >= 15 is 0 Å². The van der Waals surface area contributed by atoms with Gasteiger partial charge in [0.25, 0.3) is 0 Å². The van der Waals surface area contributed by atoms with Gasteiger partial charge in [-0.2, -0.15) is 0 Å². The maximum Gasteiger partial charge on any atom is 0.233 e. The van der Waals surface area contributed by atoms with Crippen LogP contribution in [-0.4, -0.2) is 11.6 Å². The van der Waals surface area contributed by atoms with Crippen LogP contribution in [0.15, 0.2) is 42.6 Å². The van der Waals surface area contributed by atoms with Gasteiger partial charge >= 0.3 is 0 Å². The van der Waals surface area contributed by atoms with E-state index in [1.54, 1.807) is 18.3 Å². The molecule has 3 nitrogen and oxygen atoms in total. The highest BCUT2D eigenvalue weighted by molar-refractivity contribution is 6.50. The lowest BCUT2D eigenvalue weighted by molar-refractivity contribution is -0.111. The van der Waals surface area contributed by atoms with Crippen molar-refractivity contribution in [2.75, 3.05) is 0 Å². The quantitative estimate of drug-likeness (QED) is 0.763. The first kappa shape index (κ1) is 10.4. The number of carbonyl (C=O) groups is 2. The molecule has 0 unspecified atom stereocenters. The summed E-state index contributed by atoms with van der Waals surface area (Å²) in [5.74, 6) is -0.924. The third-order valence-electron chi connectivity index (χ3n) is 2.37. The molecule has 3 heteroatoms. The monoisotopic (exact) mass is 213 g/mol. The van der Waals surface area contributed by atoms with E-state index in [0.717, 1.165) is 5.56 Å². The zero-order chi connectivity index (χ0) is 11.5. The molecule has 0 spiro atoms. The molecule has 0 bridgehead atoms. The molecule has 1 aliphatic carbocycles. The highest BCUT2D eigenvalue weighted by Gasteiger charge is 2.24. The van der Waals surface area contributed by atoms with Crippen LogP contribution in [0.1, 0.15) is 22.8 Å². The van der Waals surface area contributed by atoms with Gasteiger partial charge in [0.2, 0.25) is 11.6 Å². The second-order valence-corrected chi connectivity index (χ2v) is 3.44. The molecular weight excluding hydrogens is 202 g/mol. The lowest BCUT2D eigenvalue weighted by Gasteiger charge is -2.15. The van der Waals surface area contributed by atoms with Crippen LogP contribution in [0, 0.1) is 0 Å². The van der Waals surface area contributed by atoms with Gasteiger partial charge in [-0.3, -0.25) is 9.59 Å². The number of nitrogens with one attached hydrogen (secondary N) is 1. The number of hydrogen-bond donors (Lipinski definition) is 1. The summed E-state index contributed by atoms with van der Waals surface area (Å²) >= 11 is 0. The molecule has 80 valence electrons. The third-order valence-corrected chi connectivity index (χ3v) is 2.37. The van der Waals surface area contributed by atoms with Crippen molar-refractivity contribution in [3.05, 3.63) is 53.7 Å². The summed E-state index contributed by atoms with van der Waals surface area (Å²) in [6.07, 6.45) is 4.89. The van der Waals surface area contributed by atoms with Crippen molar-refractivity contribution in [3.63, 3.8) is 0 Å². The summed E-state index contributed by atoms with van der Waals surface area (Å²) in [5, 5.41) is 2.99. The largest absolute Gasteiger partial charge is 0.361 e. The van der Waals surface area contributed by atoms with E-state index in [-0.39, 0.29) is 0 Å². The molecule has 1 aromatic carbocycles. The van der Waals surface area contributed by atoms with Crippen molar-refractivity contribution in [1.29, 1.82) is 0 Å². The smallest absolute Gasteiger partial charge is 0.233 e. The Bertz CT molecular complexity index is 512. The molecule has 2 rings (SSSR count). The lowest BCUT2D eigenvalue weighted by atomic mass is 9.93. The molecule has 1 aromatic rings. The predicted octanol–water partition coefficient (Wildman–Crippen LogP) is 1.92. The number of Topliss-reactive ketones (excluding diaryl/α,β-unsaturated/α-hetero) is 1. The molecule has 0 fully saturated rings. The molecule has 1 aliphatic rings. The Kier molecular flexibility index (Phi) is 2.68. The number of benzene rings is 1. The Morgan fingerprint density at radius 3 is 2.50 bits per heavy atom. The van der Waals surface area contributed by atoms with Gasteiger partial charge in [0.1, 0.15) is 0 Å². The number of fused-ring (bicyclic) bond motifs is 1. The maximum atomic E-state index is 11.6. The van der Waals surface area contributed by atoms with Crippen LogP contribution >= 0.6 is 0 Å². The van der Waals surface area contributed by atoms with Gasteiger partial charge in [0.05, 0.1) is 5.70 Å². The SMILES string of the molecule is C/C=C/NC1=CC(=O)C(=O)c2ccccc21. The van der Waals surface area contributed by atoms with Crippen molar-refractivity contribution >= 4 is 17.3 Å². The molecule has 0 aromatic heterocycles. The summed E-state index contributed by atoms with van der Waals surface area (Å²) in [5.41, 5.74) is 1.89. The van der Waals surface area contributed by atoms with Gasteiger partial charge in [0, 0.05) is 17.2 Å². The average molecular weight is 213 g/mol. The summed E-state index contributed by atoms with van der Waals surface area (Å²) < 4.78 is 0. The fraction of sp³-hybridized carbons (Fsp3) is 0.0769. The third kappa shape index (κ3) is 1.67. The Morgan fingerprint density at radius 2 is 1.81 bits per heavy atom. The molecule has 0 heterocycles. The Morgan fingerprint density at radius 1 is 1.12 bits per heavy atom. The summed E-state index contributed by atoms with van der Waals surface area (Å²) in [6, 6.07) is 7.08. The first-order chi connectivity index (χ1) is 7.74. The minimum absolute atomic E-state index is 0.443. The standard InChI is InChI=1S/C13H11NO2/c1-2-7-14-11-8-12(15)13(16)10-6-4-3-5-9(10)11/h2-8,14H,1H3/b7-2+. The van der Waals surface area contributed by atoms with Crippen LogP contribution in [0.4, 0.5) is 0 Å². The minimum atomic E-state index is -0.481. The van der Waals surface area contributed by atoms with Gasteiger partial charge in [-0.05, 0) is 13.1 Å². The maximum absolute atomic E-state index is 11.6. The summed E-state index contributed by atoms with van der Waals surface area (Å²) in [7, 11) is 0. The summed E-state index contributed by atoms with van der Waals surface area (Å²) in [4.78, 5) is 23.0. The van der Waals surface area contributed by atoms with Crippen molar-refractivity contribution < 1.29 is 9.59 Å². The average Bonchev–Trinajstić information content (AvgIpc) is 2.32. The van der Waals surface area contributed by atoms with Crippen LogP contribution in [0.3, 0.4) is 0 Å². The molecule has 0 aliphatic heterocycles. The van der Waals surface area contributed by atoms with E-state index in [2.05, 4.69) is 5.32 Å². The van der Waals surface area contributed by atoms with E-state index in [0.29, 0.717) is 11.3 Å². The molecular formula is C13H11NO2. The lowest BCUT2D eigenvalue weighted by Crippen LogP contribution is -2.22. The van der Waals surface area contributed by atoms with Crippen molar-refractivity contribution in [3.8, 4) is 0 Å². The number of ketones is 2. The second kappa shape index (κ2) is 4.14. The van der Waals surface area contributed by atoms with Crippen LogP contribution in [-0.2, 0) is 4.79 Å². The number of rotatable bonds is 2. The molecule has 0 radical (unpaired) electrons. The number of carbonyl (C=O) groups excluding carboxylic acids is 2. The Hall–Kier alpha value is -2.16. The first-order valence-electron chi connectivity index (χ1n) is 5.01. The van der Waals surface area contributed by atoms with Gasteiger partial charge < -0.3 is 5.32 Å². The first-order valence-corrected chi connectivity index (χ1v) is 5.01. The van der Waals surface area contributed by atoms with Crippen molar-refractivity contribution in [2.24, 2.45) is 0 Å². The minimum Gasteiger partial charge on any atom is -0.361 e. The molecule has 0 saturated heterocycles. The number of hydrogen-bond acceptors (Lipinski definition) is 3. The van der Waals surface area contributed by atoms with Gasteiger partial charge in [-0.15, -0.1) is 0 Å². The highest BCUT2D eigenvalue weighted by atomic mass is 16.2. The van der Waals surface area contributed by atoms with Crippen LogP contribution in [0.25, 0.3) is 5.70 Å². The molecule has 0 amide bonds. The molecule has 1 N–H and O–H groups in total. The second-order valence-electron chi connectivity index (χ2n) is 3.44. The van der Waals surface area contributed by atoms with Crippen LogP contribution in [0.5, 0.6) is 0 Å².